The second-order valence-corrected chi connectivity index (χ2v) is 15.4. The van der Waals surface area contributed by atoms with Crippen molar-refractivity contribution in [3.63, 3.8) is 0 Å². The molecule has 2 aromatic rings. The van der Waals surface area contributed by atoms with Crippen LogP contribution in [0.4, 0.5) is 4.79 Å². The van der Waals surface area contributed by atoms with Crippen molar-refractivity contribution in [1.29, 1.82) is 0 Å². The van der Waals surface area contributed by atoms with Gasteiger partial charge >= 0.3 is 53.8 Å². The van der Waals surface area contributed by atoms with E-state index in [2.05, 4.69) is 5.32 Å². The first-order valence-corrected chi connectivity index (χ1v) is 20.8. The summed E-state index contributed by atoms with van der Waals surface area (Å²) in [6, 6.07) is 13.3. The van der Waals surface area contributed by atoms with Gasteiger partial charge in [0, 0.05) is 54.4 Å². The maximum absolute atomic E-state index is 13.2. The molecule has 364 valence electrons. The normalized spacial score (nSPS) is 25.7. The maximum atomic E-state index is 13.2. The average Bonchev–Trinajstić information content (AvgIpc) is 3.56. The van der Waals surface area contributed by atoms with Gasteiger partial charge < -0.3 is 67.3 Å². The minimum atomic E-state index is -1.87. The van der Waals surface area contributed by atoms with Gasteiger partial charge in [-0.05, 0) is 22.3 Å². The van der Waals surface area contributed by atoms with E-state index in [4.69, 9.17) is 56.8 Å². The van der Waals surface area contributed by atoms with Crippen LogP contribution in [0.5, 0.6) is 0 Å². The molecule has 0 unspecified atom stereocenters. The van der Waals surface area contributed by atoms with E-state index in [-0.39, 0.29) is 12.5 Å². The van der Waals surface area contributed by atoms with Crippen LogP contribution in [0.25, 0.3) is 11.1 Å². The van der Waals surface area contributed by atoms with Crippen LogP contribution < -0.4 is 5.32 Å². The minimum Gasteiger partial charge on any atom is -0.480 e. The summed E-state index contributed by atoms with van der Waals surface area (Å²) in [7, 11) is 0. The molecule has 1 aliphatic carbocycles. The maximum Gasteiger partial charge on any atom is 0.407 e. The van der Waals surface area contributed by atoms with Crippen molar-refractivity contribution in [2.45, 2.75) is 122 Å². The first-order chi connectivity index (χ1) is 31.7. The van der Waals surface area contributed by atoms with Gasteiger partial charge in [0.2, 0.25) is 0 Å². The lowest BCUT2D eigenvalue weighted by Gasteiger charge is -2.46. The molecule has 0 saturated carbocycles. The van der Waals surface area contributed by atoms with E-state index in [1.54, 1.807) is 0 Å². The quantitative estimate of drug-likeness (QED) is 0.158. The molecular formula is C44H51NO22. The molecule has 2 fully saturated rings. The molecular weight excluding hydrogens is 894 g/mol. The first kappa shape index (κ1) is 51.3. The van der Waals surface area contributed by atoms with Gasteiger partial charge in [-0.2, -0.15) is 0 Å². The number of nitrogens with one attached hydrogen (secondary N) is 1. The molecule has 0 aromatic heterocycles. The molecule has 0 spiro atoms. The molecule has 2 N–H and O–H groups in total. The fraction of sp³-hybridized carbons (Fsp3) is 0.523. The van der Waals surface area contributed by atoms with Crippen LogP contribution in [-0.2, 0) is 95.2 Å². The van der Waals surface area contributed by atoms with Crippen LogP contribution in [-0.4, -0.2) is 153 Å². The van der Waals surface area contributed by atoms with Crippen molar-refractivity contribution in [1.82, 2.24) is 5.32 Å². The van der Waals surface area contributed by atoms with Crippen LogP contribution in [0, 0.1) is 0 Å². The second kappa shape index (κ2) is 23.2. The second-order valence-electron chi connectivity index (χ2n) is 15.4. The van der Waals surface area contributed by atoms with Crippen molar-refractivity contribution in [3.8, 4) is 11.1 Å². The Kier molecular flexibility index (Phi) is 17.7. The van der Waals surface area contributed by atoms with Crippen LogP contribution in [0.1, 0.15) is 65.5 Å². The molecule has 2 saturated heterocycles. The molecule has 67 heavy (non-hydrogen) atoms. The fourth-order valence-corrected chi connectivity index (χ4v) is 7.78. The summed E-state index contributed by atoms with van der Waals surface area (Å²) in [5.74, 6) is -8.39. The van der Waals surface area contributed by atoms with Gasteiger partial charge in [-0.25, -0.2) is 9.59 Å². The fourth-order valence-electron chi connectivity index (χ4n) is 7.78. The van der Waals surface area contributed by atoms with Crippen LogP contribution in [0.2, 0.25) is 0 Å². The number of rotatable bonds is 18. The highest BCUT2D eigenvalue weighted by Crippen LogP contribution is 2.44. The number of benzene rings is 2. The first-order valence-electron chi connectivity index (χ1n) is 20.8. The van der Waals surface area contributed by atoms with E-state index in [1.807, 2.05) is 48.5 Å². The molecule has 2 aromatic carbocycles. The molecule has 2 aliphatic heterocycles. The summed E-state index contributed by atoms with van der Waals surface area (Å²) in [5.41, 5.74) is 3.73. The SMILES string of the molecule is CC(=O)OC[C@H]1O[C@H](OC[C@H]2O[C@@H](OC[C@H](NC(=O)OCC3c4ccccc4-c4ccccc43)C(=O)O)[C@H](OC(C)=O)[C@@H](OC(C)=O)[C@@H]2OC(C)=O)[C@H](OC(C)=O)[C@@H](OC(C)=O)[C@H]1OC(C)=O. The Morgan fingerprint density at radius 1 is 0.507 bits per heavy atom. The standard InChI is InChI=1S/C44H51NO22/c1-20(46)56-18-33-35(60-21(2)47)37(62-23(4)49)40(65-26(7)52)43(66-33)58-19-34-36(61-22(3)48)38(63-24(5)50)39(64-25(6)51)42(67-34)57-17-32(41(53)54)45-44(55)59-16-31-29-14-10-8-12-27(29)28-13-9-11-15-30(28)31/h8-15,31-40,42-43H,16-19H2,1-7H3,(H,45,55)(H,53,54)/t32-,33+,34+,35-,36+,37-,38-,39+,40+,42+,43-/m0/s1. The topological polar surface area (TPSA) is 297 Å². The molecule has 23 nitrogen and oxygen atoms in total. The zero-order chi connectivity index (χ0) is 49.1. The molecule has 11 atom stereocenters. The third-order valence-corrected chi connectivity index (χ3v) is 10.2. The number of hydrogen-bond donors (Lipinski definition) is 2. The highest BCUT2D eigenvalue weighted by Gasteiger charge is 2.56. The summed E-state index contributed by atoms with van der Waals surface area (Å²) in [6.07, 6.45) is -17.9. The third kappa shape index (κ3) is 13.7. The number of fused-ring (bicyclic) bond motifs is 3. The number of hydrogen-bond acceptors (Lipinski definition) is 21. The number of alkyl carbamates (subject to hydrolysis) is 1. The third-order valence-electron chi connectivity index (χ3n) is 10.2. The zero-order valence-electron chi connectivity index (χ0n) is 37.4. The van der Waals surface area contributed by atoms with Crippen LogP contribution in [0.15, 0.2) is 48.5 Å². The molecule has 5 rings (SSSR count). The molecule has 23 heteroatoms. The summed E-state index contributed by atoms with van der Waals surface area (Å²) in [6.45, 7) is 4.67. The van der Waals surface area contributed by atoms with Gasteiger partial charge in [0.05, 0.1) is 13.2 Å². The summed E-state index contributed by atoms with van der Waals surface area (Å²) < 4.78 is 67.3. The van der Waals surface area contributed by atoms with Gasteiger partial charge in [-0.3, -0.25) is 33.6 Å². The number of carbonyl (C=O) groups excluding carboxylic acids is 8. The summed E-state index contributed by atoms with van der Waals surface area (Å²) in [5, 5.41) is 12.4. The average molecular weight is 946 g/mol. The van der Waals surface area contributed by atoms with Crippen molar-refractivity contribution < 1.29 is 105 Å². The Balaban J connectivity index is 1.40. The Hall–Kier alpha value is -6.69. The number of carboxylic acid groups (broad SMARTS) is 1. The largest absolute Gasteiger partial charge is 0.480 e. The monoisotopic (exact) mass is 945 g/mol. The van der Waals surface area contributed by atoms with Gasteiger partial charge in [0.15, 0.2) is 55.2 Å². The molecule has 0 radical (unpaired) electrons. The van der Waals surface area contributed by atoms with Crippen molar-refractivity contribution in [3.05, 3.63) is 59.7 Å². The van der Waals surface area contributed by atoms with E-state index in [9.17, 15) is 48.3 Å². The van der Waals surface area contributed by atoms with Crippen molar-refractivity contribution >= 4 is 53.8 Å². The zero-order valence-corrected chi connectivity index (χ0v) is 37.4. The van der Waals surface area contributed by atoms with Crippen molar-refractivity contribution in [2.24, 2.45) is 0 Å². The van der Waals surface area contributed by atoms with E-state index < -0.39 is 141 Å². The van der Waals surface area contributed by atoms with Crippen LogP contribution >= 0.6 is 0 Å². The lowest BCUT2D eigenvalue weighted by atomic mass is 9.97. The number of ether oxygens (including phenoxy) is 12. The predicted octanol–water partition coefficient (Wildman–Crippen LogP) is 1.61. The minimum absolute atomic E-state index is 0.157. The molecule has 1 amide bonds. The predicted molar refractivity (Wildman–Crippen MR) is 219 cm³/mol. The smallest absolute Gasteiger partial charge is 0.407 e. The highest BCUT2D eigenvalue weighted by atomic mass is 16.8. The highest BCUT2D eigenvalue weighted by molar-refractivity contribution is 5.81. The van der Waals surface area contributed by atoms with Gasteiger partial charge in [0.25, 0.3) is 0 Å². The molecule has 0 bridgehead atoms. The number of esters is 7. The lowest BCUT2D eigenvalue weighted by molar-refractivity contribution is -0.335. The van der Waals surface area contributed by atoms with Crippen LogP contribution in [0.3, 0.4) is 0 Å². The van der Waals surface area contributed by atoms with Gasteiger partial charge in [-0.15, -0.1) is 0 Å². The van der Waals surface area contributed by atoms with Gasteiger partial charge in [0.1, 0.15) is 25.4 Å². The van der Waals surface area contributed by atoms with Crippen molar-refractivity contribution in [2.75, 3.05) is 26.4 Å². The summed E-state index contributed by atoms with van der Waals surface area (Å²) in [4.78, 5) is 112. The van der Waals surface area contributed by atoms with E-state index in [1.165, 1.54) is 0 Å². The number of carbonyl (C=O) groups is 9. The Labute approximate surface area is 382 Å². The van der Waals surface area contributed by atoms with Gasteiger partial charge in [-0.1, -0.05) is 48.5 Å². The van der Waals surface area contributed by atoms with E-state index in [0.29, 0.717) is 0 Å². The molecule has 3 aliphatic rings. The Morgan fingerprint density at radius 2 is 0.910 bits per heavy atom. The number of amides is 1. The Bertz CT molecular complexity index is 2130. The lowest BCUT2D eigenvalue weighted by Crippen LogP contribution is -2.65. The Morgan fingerprint density at radius 3 is 1.34 bits per heavy atom. The summed E-state index contributed by atoms with van der Waals surface area (Å²) >= 11 is 0. The number of aliphatic carboxylic acids is 1. The molecule has 2 heterocycles. The van der Waals surface area contributed by atoms with E-state index >= 15 is 0 Å². The van der Waals surface area contributed by atoms with E-state index in [0.717, 1.165) is 70.7 Å². The number of carboxylic acids is 1.